The fraction of sp³-hybridized carbons (Fsp3) is 0. The van der Waals surface area contributed by atoms with Crippen LogP contribution in [0.4, 0.5) is 17.1 Å². The zero-order chi connectivity index (χ0) is 35.1. The van der Waals surface area contributed by atoms with Crippen molar-refractivity contribution in [2.24, 2.45) is 0 Å². The topological polar surface area (TPSA) is 51.8 Å². The minimum absolute atomic E-state index is 0.703. The third-order valence-electron chi connectivity index (χ3n) is 9.96. The number of fused-ring (bicyclic) bond motifs is 5. The van der Waals surface area contributed by atoms with Gasteiger partial charge in [0.25, 0.3) is 0 Å². The summed E-state index contributed by atoms with van der Waals surface area (Å²) < 4.78 is 4.68. The van der Waals surface area contributed by atoms with Crippen molar-refractivity contribution in [1.29, 1.82) is 0 Å². The van der Waals surface area contributed by atoms with Gasteiger partial charge in [0, 0.05) is 81.1 Å². The fourth-order valence-electron chi connectivity index (χ4n) is 7.50. The quantitative estimate of drug-likeness (QED) is 0.168. The number of nitrogens with zero attached hydrogens (tertiary/aromatic N) is 6. The maximum atomic E-state index is 4.48. The summed E-state index contributed by atoms with van der Waals surface area (Å²) >= 11 is 0. The minimum Gasteiger partial charge on any atom is -0.316 e. The first kappa shape index (κ1) is 30.5. The summed E-state index contributed by atoms with van der Waals surface area (Å²) in [5.41, 5.74) is 12.1. The lowest BCUT2D eigenvalue weighted by atomic mass is 10.1. The number of pyridine rings is 1. The van der Waals surface area contributed by atoms with Gasteiger partial charge in [0.1, 0.15) is 0 Å². The van der Waals surface area contributed by atoms with Gasteiger partial charge in [0.2, 0.25) is 0 Å². The van der Waals surface area contributed by atoms with E-state index in [0.29, 0.717) is 5.82 Å². The maximum Gasteiger partial charge on any atom is 0.159 e. The summed E-state index contributed by atoms with van der Waals surface area (Å²) in [5.74, 6) is 0.703. The number of aromatic nitrogens is 5. The van der Waals surface area contributed by atoms with E-state index < -0.39 is 0 Å². The molecule has 0 amide bonds. The van der Waals surface area contributed by atoms with Gasteiger partial charge in [-0.1, -0.05) is 60.7 Å². The molecule has 0 radical (unpaired) electrons. The Balaban J connectivity index is 1.17. The number of rotatable bonds is 7. The van der Waals surface area contributed by atoms with Gasteiger partial charge in [-0.2, -0.15) is 0 Å². The van der Waals surface area contributed by atoms with Gasteiger partial charge >= 0.3 is 0 Å². The Kier molecular flexibility index (Phi) is 7.36. The standard InChI is InChI=1S/C47H32N6/c1-3-10-36(11-4-1)51-30-26-42-44(51)25-23-41-43-31-40(22-24-45(43)53(46(41)42)37-12-5-2-6-13-37)52(38-18-14-33(15-19-38)35-9-7-27-48-32-35)39-20-16-34(17-21-39)47-49-28-8-29-50-47/h1-32H. The molecule has 6 heteroatoms. The molecule has 0 aliphatic heterocycles. The molecule has 0 aliphatic rings. The molecular weight excluding hydrogens is 649 g/mol. The highest BCUT2D eigenvalue weighted by Crippen LogP contribution is 2.42. The first-order chi connectivity index (χ1) is 26.3. The molecule has 53 heavy (non-hydrogen) atoms. The molecule has 0 saturated carbocycles. The van der Waals surface area contributed by atoms with Crippen molar-refractivity contribution >= 4 is 49.8 Å². The molecule has 10 rings (SSSR count). The molecule has 0 aliphatic carbocycles. The largest absolute Gasteiger partial charge is 0.316 e. The monoisotopic (exact) mass is 680 g/mol. The normalized spacial score (nSPS) is 11.4. The van der Waals surface area contributed by atoms with Gasteiger partial charge in [0.05, 0.1) is 16.6 Å². The smallest absolute Gasteiger partial charge is 0.159 e. The van der Waals surface area contributed by atoms with Crippen LogP contribution in [0, 0.1) is 0 Å². The van der Waals surface area contributed by atoms with Crippen LogP contribution in [0.25, 0.3) is 66.6 Å². The minimum atomic E-state index is 0.703. The van der Waals surface area contributed by atoms with E-state index in [2.05, 4.69) is 187 Å². The van der Waals surface area contributed by atoms with E-state index in [1.54, 1.807) is 18.6 Å². The van der Waals surface area contributed by atoms with Crippen molar-refractivity contribution in [1.82, 2.24) is 24.1 Å². The summed E-state index contributed by atoms with van der Waals surface area (Å²) in [4.78, 5) is 15.6. The lowest BCUT2D eigenvalue weighted by Gasteiger charge is -2.26. The zero-order valence-electron chi connectivity index (χ0n) is 28.7. The number of para-hydroxylation sites is 2. The molecule has 4 heterocycles. The molecule has 4 aromatic heterocycles. The zero-order valence-corrected chi connectivity index (χ0v) is 28.7. The third-order valence-corrected chi connectivity index (χ3v) is 9.96. The average molecular weight is 681 g/mol. The molecule has 0 atom stereocenters. The van der Waals surface area contributed by atoms with Crippen LogP contribution in [0.1, 0.15) is 0 Å². The Labute approximate surface area is 306 Å². The van der Waals surface area contributed by atoms with Gasteiger partial charge in [-0.25, -0.2) is 9.97 Å². The summed E-state index contributed by atoms with van der Waals surface area (Å²) in [6, 6.07) is 57.9. The Hall–Kier alpha value is -7.31. The van der Waals surface area contributed by atoms with Crippen LogP contribution in [-0.4, -0.2) is 24.1 Å². The second-order valence-electron chi connectivity index (χ2n) is 13.0. The highest BCUT2D eigenvalue weighted by atomic mass is 15.1. The van der Waals surface area contributed by atoms with Crippen molar-refractivity contribution < 1.29 is 0 Å². The number of hydrogen-bond donors (Lipinski definition) is 0. The van der Waals surface area contributed by atoms with E-state index in [9.17, 15) is 0 Å². The lowest BCUT2D eigenvalue weighted by Crippen LogP contribution is -2.10. The summed E-state index contributed by atoms with van der Waals surface area (Å²) in [6.45, 7) is 0. The molecule has 0 N–H and O–H groups in total. The van der Waals surface area contributed by atoms with Crippen LogP contribution in [0.2, 0.25) is 0 Å². The second-order valence-corrected chi connectivity index (χ2v) is 13.0. The summed E-state index contributed by atoms with van der Waals surface area (Å²) in [7, 11) is 0. The predicted molar refractivity (Wildman–Crippen MR) is 217 cm³/mol. The molecule has 0 unspecified atom stereocenters. The van der Waals surface area contributed by atoms with Crippen molar-refractivity contribution in [2.75, 3.05) is 4.90 Å². The first-order valence-corrected chi connectivity index (χ1v) is 17.7. The van der Waals surface area contributed by atoms with E-state index in [1.165, 1.54) is 27.2 Å². The average Bonchev–Trinajstić information content (AvgIpc) is 3.82. The Morgan fingerprint density at radius 1 is 0.434 bits per heavy atom. The lowest BCUT2D eigenvalue weighted by molar-refractivity contribution is 1.13. The fourth-order valence-corrected chi connectivity index (χ4v) is 7.50. The van der Waals surface area contributed by atoms with Crippen LogP contribution < -0.4 is 4.90 Å². The molecule has 0 spiro atoms. The molecule has 0 fully saturated rings. The molecule has 250 valence electrons. The van der Waals surface area contributed by atoms with Crippen molar-refractivity contribution in [3.8, 4) is 33.9 Å². The molecule has 6 aromatic carbocycles. The van der Waals surface area contributed by atoms with E-state index in [-0.39, 0.29) is 0 Å². The summed E-state index contributed by atoms with van der Waals surface area (Å²) in [6.07, 6.45) is 9.44. The van der Waals surface area contributed by atoms with Crippen LogP contribution in [0.3, 0.4) is 0 Å². The van der Waals surface area contributed by atoms with Crippen LogP contribution in [0.15, 0.2) is 195 Å². The van der Waals surface area contributed by atoms with Crippen molar-refractivity contribution in [3.63, 3.8) is 0 Å². The first-order valence-electron chi connectivity index (χ1n) is 17.7. The van der Waals surface area contributed by atoms with Crippen LogP contribution in [0.5, 0.6) is 0 Å². The van der Waals surface area contributed by atoms with Gasteiger partial charge in [-0.05, 0) is 114 Å². The molecule has 10 aromatic rings. The van der Waals surface area contributed by atoms with Gasteiger partial charge in [0.15, 0.2) is 5.82 Å². The van der Waals surface area contributed by atoms with E-state index >= 15 is 0 Å². The van der Waals surface area contributed by atoms with Gasteiger partial charge in [-0.15, -0.1) is 0 Å². The molecule has 6 nitrogen and oxygen atoms in total. The maximum absolute atomic E-state index is 4.48. The molecule has 0 bridgehead atoms. The predicted octanol–water partition coefficient (Wildman–Crippen LogP) is 11.7. The van der Waals surface area contributed by atoms with Crippen molar-refractivity contribution in [3.05, 3.63) is 195 Å². The van der Waals surface area contributed by atoms with Crippen molar-refractivity contribution in [2.45, 2.75) is 0 Å². The Morgan fingerprint density at radius 2 is 1.09 bits per heavy atom. The summed E-state index contributed by atoms with van der Waals surface area (Å²) in [5, 5.41) is 3.59. The second kappa shape index (κ2) is 12.8. The van der Waals surface area contributed by atoms with E-state index in [1.807, 2.05) is 18.3 Å². The highest BCUT2D eigenvalue weighted by Gasteiger charge is 2.20. The number of hydrogen-bond acceptors (Lipinski definition) is 4. The van der Waals surface area contributed by atoms with E-state index in [4.69, 9.17) is 0 Å². The van der Waals surface area contributed by atoms with E-state index in [0.717, 1.165) is 50.6 Å². The number of benzene rings is 6. The SMILES string of the molecule is c1ccc(-n2ccc3c2ccc2c4cc(N(c5ccc(-c6cccnc6)cc5)c5ccc(-c6ncccn6)cc5)ccc4n(-c4ccccc4)c23)cc1. The number of anilines is 3. The molecule has 0 saturated heterocycles. The van der Waals surface area contributed by atoms with Gasteiger partial charge in [-0.3, -0.25) is 4.98 Å². The third kappa shape index (κ3) is 5.32. The Morgan fingerprint density at radius 3 is 1.79 bits per heavy atom. The highest BCUT2D eigenvalue weighted by molar-refractivity contribution is 6.19. The van der Waals surface area contributed by atoms with Crippen LogP contribution >= 0.6 is 0 Å². The van der Waals surface area contributed by atoms with Gasteiger partial charge < -0.3 is 14.0 Å². The van der Waals surface area contributed by atoms with Crippen LogP contribution in [-0.2, 0) is 0 Å². The molecular formula is C47H32N6. The Bertz CT molecular complexity index is 2760.